The van der Waals surface area contributed by atoms with Crippen molar-refractivity contribution in [3.8, 4) is 0 Å². The quantitative estimate of drug-likeness (QED) is 0.560. The molecule has 1 fully saturated rings. The molecular formula is C25H29F3N2O4. The summed E-state index contributed by atoms with van der Waals surface area (Å²) in [7, 11) is 3.73. The number of fused-ring (bicyclic) bond motifs is 3. The third-order valence-corrected chi connectivity index (χ3v) is 6.28. The van der Waals surface area contributed by atoms with Gasteiger partial charge in [-0.2, -0.15) is 13.2 Å². The molecule has 2 aliphatic rings. The SMILES string of the molecule is CN(C)CCOC(=O)OC[C@H]1CC[C@@H]2[C@H](O1)c1cc(C(F)(F)F)ccc1N[C@H]2c1ccccc1. The van der Waals surface area contributed by atoms with Crippen LogP contribution in [0.4, 0.5) is 23.7 Å². The largest absolute Gasteiger partial charge is 0.508 e. The molecule has 9 heteroatoms. The first-order valence-corrected chi connectivity index (χ1v) is 11.3. The van der Waals surface area contributed by atoms with Gasteiger partial charge in [0.05, 0.1) is 23.8 Å². The maximum atomic E-state index is 13.4. The molecule has 34 heavy (non-hydrogen) atoms. The van der Waals surface area contributed by atoms with E-state index in [1.807, 2.05) is 49.3 Å². The summed E-state index contributed by atoms with van der Waals surface area (Å²) in [6.45, 7) is 0.771. The molecule has 0 amide bonds. The van der Waals surface area contributed by atoms with E-state index in [9.17, 15) is 18.0 Å². The number of nitrogens with zero attached hydrogens (tertiary/aromatic N) is 1. The number of rotatable bonds is 6. The predicted molar refractivity (Wildman–Crippen MR) is 120 cm³/mol. The highest BCUT2D eigenvalue weighted by atomic mass is 19.4. The van der Waals surface area contributed by atoms with Crippen LogP contribution in [0.2, 0.25) is 0 Å². The number of anilines is 1. The molecule has 4 rings (SSSR count). The lowest BCUT2D eigenvalue weighted by Gasteiger charge is -2.45. The van der Waals surface area contributed by atoms with E-state index >= 15 is 0 Å². The van der Waals surface area contributed by atoms with Crippen molar-refractivity contribution in [3.63, 3.8) is 0 Å². The van der Waals surface area contributed by atoms with Crippen LogP contribution in [-0.4, -0.2) is 51.0 Å². The van der Waals surface area contributed by atoms with Crippen molar-refractivity contribution in [2.75, 3.05) is 39.2 Å². The smallest absolute Gasteiger partial charge is 0.433 e. The fourth-order valence-corrected chi connectivity index (χ4v) is 4.56. The second-order valence-corrected chi connectivity index (χ2v) is 8.97. The second kappa shape index (κ2) is 10.2. The minimum Gasteiger partial charge on any atom is -0.433 e. The van der Waals surface area contributed by atoms with E-state index in [0.717, 1.165) is 11.6 Å². The van der Waals surface area contributed by atoms with Crippen molar-refractivity contribution < 1.29 is 32.2 Å². The highest BCUT2D eigenvalue weighted by Crippen LogP contribution is 2.51. The molecule has 2 aliphatic heterocycles. The number of carbonyl (C=O) groups excluding carboxylic acids is 1. The van der Waals surface area contributed by atoms with Crippen molar-refractivity contribution in [3.05, 3.63) is 65.2 Å². The molecule has 2 heterocycles. The monoisotopic (exact) mass is 478 g/mol. The van der Waals surface area contributed by atoms with Crippen LogP contribution >= 0.6 is 0 Å². The molecule has 0 radical (unpaired) electrons. The first-order chi connectivity index (χ1) is 16.2. The van der Waals surface area contributed by atoms with E-state index < -0.39 is 30.1 Å². The average Bonchev–Trinajstić information content (AvgIpc) is 2.81. The summed E-state index contributed by atoms with van der Waals surface area (Å²) in [5.41, 5.74) is 1.43. The number of nitrogens with one attached hydrogen (secondary N) is 1. The Balaban J connectivity index is 1.52. The van der Waals surface area contributed by atoms with Gasteiger partial charge in [-0.1, -0.05) is 30.3 Å². The minimum atomic E-state index is -4.45. The van der Waals surface area contributed by atoms with Crippen LogP contribution in [0.15, 0.2) is 48.5 Å². The van der Waals surface area contributed by atoms with Crippen molar-refractivity contribution in [2.45, 2.75) is 37.3 Å². The third-order valence-electron chi connectivity index (χ3n) is 6.28. The van der Waals surface area contributed by atoms with E-state index in [-0.39, 0.29) is 25.2 Å². The van der Waals surface area contributed by atoms with Crippen LogP contribution in [0.3, 0.4) is 0 Å². The number of hydrogen-bond acceptors (Lipinski definition) is 6. The summed E-state index contributed by atoms with van der Waals surface area (Å²) in [5, 5.41) is 3.43. The predicted octanol–water partition coefficient (Wildman–Crippen LogP) is 5.42. The summed E-state index contributed by atoms with van der Waals surface area (Å²) in [6, 6.07) is 13.4. The first-order valence-electron chi connectivity index (χ1n) is 11.3. The Bertz CT molecular complexity index is 984. The number of benzene rings is 2. The van der Waals surface area contributed by atoms with Gasteiger partial charge in [0.25, 0.3) is 0 Å². The number of alkyl halides is 3. The van der Waals surface area contributed by atoms with Gasteiger partial charge in [0.15, 0.2) is 0 Å². The molecule has 0 saturated carbocycles. The number of halogens is 3. The zero-order chi connectivity index (χ0) is 24.3. The molecule has 0 unspecified atom stereocenters. The van der Waals surface area contributed by atoms with Gasteiger partial charge < -0.3 is 24.4 Å². The lowest BCUT2D eigenvalue weighted by atomic mass is 9.76. The van der Waals surface area contributed by atoms with Gasteiger partial charge in [-0.3, -0.25) is 0 Å². The van der Waals surface area contributed by atoms with E-state index in [4.69, 9.17) is 14.2 Å². The van der Waals surface area contributed by atoms with Crippen LogP contribution in [0.5, 0.6) is 0 Å². The zero-order valence-electron chi connectivity index (χ0n) is 19.2. The Labute approximate surface area is 197 Å². The highest BCUT2D eigenvalue weighted by molar-refractivity contribution is 5.60. The van der Waals surface area contributed by atoms with Gasteiger partial charge in [0.2, 0.25) is 0 Å². The number of hydrogen-bond donors (Lipinski definition) is 1. The summed E-state index contributed by atoms with van der Waals surface area (Å²) in [5.74, 6) is -0.0679. The lowest BCUT2D eigenvalue weighted by molar-refractivity contribution is -0.138. The van der Waals surface area contributed by atoms with Crippen LogP contribution in [0.25, 0.3) is 0 Å². The molecule has 4 atom stereocenters. The Kier molecular flexibility index (Phi) is 7.33. The number of likely N-dealkylation sites (N-methyl/N-ethyl adjacent to an activating group) is 1. The summed E-state index contributed by atoms with van der Waals surface area (Å²) in [4.78, 5) is 13.8. The van der Waals surface area contributed by atoms with Gasteiger partial charge in [-0.05, 0) is 50.7 Å². The topological polar surface area (TPSA) is 60.0 Å². The molecule has 2 aromatic rings. The zero-order valence-corrected chi connectivity index (χ0v) is 19.2. The summed E-state index contributed by atoms with van der Waals surface area (Å²) < 4.78 is 56.8. The van der Waals surface area contributed by atoms with Crippen molar-refractivity contribution in [2.24, 2.45) is 5.92 Å². The first kappa shape index (κ1) is 24.3. The molecule has 0 spiro atoms. The maximum Gasteiger partial charge on any atom is 0.508 e. The van der Waals surface area contributed by atoms with Crippen molar-refractivity contribution >= 4 is 11.8 Å². The van der Waals surface area contributed by atoms with E-state index in [1.54, 1.807) is 0 Å². The Morgan fingerprint density at radius 2 is 1.88 bits per heavy atom. The van der Waals surface area contributed by atoms with Crippen LogP contribution in [0.1, 0.15) is 41.7 Å². The van der Waals surface area contributed by atoms with Crippen LogP contribution in [0, 0.1) is 5.92 Å². The lowest BCUT2D eigenvalue weighted by Crippen LogP contribution is -2.40. The summed E-state index contributed by atoms with van der Waals surface area (Å²) in [6.07, 6.45) is -4.90. The molecule has 0 bridgehead atoms. The molecule has 0 aromatic heterocycles. The molecule has 1 saturated heterocycles. The molecular weight excluding hydrogens is 449 g/mol. The Morgan fingerprint density at radius 1 is 1.12 bits per heavy atom. The molecule has 6 nitrogen and oxygen atoms in total. The van der Waals surface area contributed by atoms with Crippen LogP contribution < -0.4 is 5.32 Å². The van der Waals surface area contributed by atoms with Gasteiger partial charge in [0.1, 0.15) is 13.2 Å². The van der Waals surface area contributed by atoms with E-state index in [2.05, 4.69) is 5.32 Å². The fraction of sp³-hybridized carbons (Fsp3) is 0.480. The highest BCUT2D eigenvalue weighted by Gasteiger charge is 2.43. The normalized spacial score (nSPS) is 24.1. The Morgan fingerprint density at radius 3 is 2.59 bits per heavy atom. The third kappa shape index (κ3) is 5.64. The average molecular weight is 479 g/mol. The van der Waals surface area contributed by atoms with E-state index in [0.29, 0.717) is 30.6 Å². The molecule has 1 N–H and O–H groups in total. The fourth-order valence-electron chi connectivity index (χ4n) is 4.56. The molecule has 184 valence electrons. The van der Waals surface area contributed by atoms with Crippen molar-refractivity contribution in [1.29, 1.82) is 0 Å². The minimum absolute atomic E-state index is 0.0122. The Hall–Kier alpha value is -2.78. The number of carbonyl (C=O) groups is 1. The van der Waals surface area contributed by atoms with Gasteiger partial charge in [-0.15, -0.1) is 0 Å². The molecule has 0 aliphatic carbocycles. The molecule has 2 aromatic carbocycles. The summed E-state index contributed by atoms with van der Waals surface area (Å²) >= 11 is 0. The maximum absolute atomic E-state index is 13.4. The standard InChI is InChI=1S/C25H29F3N2O4/c1-30(2)12-13-32-24(31)33-15-18-9-10-19-22(16-6-4-3-5-7-16)29-21-11-8-17(25(26,27)28)14-20(21)23(19)34-18/h3-8,11,14,18-19,22-23,29H,9-10,12-13,15H2,1-2H3/t18-,19+,22+,23+/m1/s1. The van der Waals surface area contributed by atoms with Crippen LogP contribution in [-0.2, 0) is 20.4 Å². The van der Waals surface area contributed by atoms with E-state index in [1.165, 1.54) is 12.1 Å². The number of ether oxygens (including phenoxy) is 3. The van der Waals surface area contributed by atoms with Gasteiger partial charge in [0, 0.05) is 23.7 Å². The second-order valence-electron chi connectivity index (χ2n) is 8.97. The van der Waals surface area contributed by atoms with Crippen molar-refractivity contribution in [1.82, 2.24) is 4.90 Å². The van der Waals surface area contributed by atoms with Gasteiger partial charge >= 0.3 is 12.3 Å². The van der Waals surface area contributed by atoms with Gasteiger partial charge in [-0.25, -0.2) is 4.79 Å².